The average Bonchev–Trinajstić information content (AvgIpc) is 2.29. The summed E-state index contributed by atoms with van der Waals surface area (Å²) < 4.78 is 28.4. The SMILES string of the molecule is N#Cc1cc(CC(=O)O)c(CCl)cc1OC(F)F. The second-order valence-electron chi connectivity index (χ2n) is 3.31. The molecule has 1 aromatic rings. The summed E-state index contributed by atoms with van der Waals surface area (Å²) in [7, 11) is 0. The highest BCUT2D eigenvalue weighted by molar-refractivity contribution is 6.17. The number of carbonyl (C=O) groups is 1. The monoisotopic (exact) mass is 275 g/mol. The fourth-order valence-electron chi connectivity index (χ4n) is 1.40. The van der Waals surface area contributed by atoms with Gasteiger partial charge in [0.25, 0.3) is 0 Å². The molecule has 0 aliphatic carbocycles. The number of hydrogen-bond acceptors (Lipinski definition) is 3. The largest absolute Gasteiger partial charge is 0.481 e. The highest BCUT2D eigenvalue weighted by atomic mass is 35.5. The quantitative estimate of drug-likeness (QED) is 0.838. The first-order chi connectivity index (χ1) is 8.47. The molecule has 1 rings (SSSR count). The molecular weight excluding hydrogens is 268 g/mol. The summed E-state index contributed by atoms with van der Waals surface area (Å²) in [6.07, 6.45) is -0.342. The predicted molar refractivity (Wildman–Crippen MR) is 58.7 cm³/mol. The van der Waals surface area contributed by atoms with Crippen LogP contribution in [0.15, 0.2) is 12.1 Å². The second kappa shape index (κ2) is 6.17. The molecule has 0 fully saturated rings. The molecule has 0 saturated heterocycles. The van der Waals surface area contributed by atoms with Crippen LogP contribution in [0.1, 0.15) is 16.7 Å². The van der Waals surface area contributed by atoms with Crippen LogP contribution >= 0.6 is 11.6 Å². The topological polar surface area (TPSA) is 70.3 Å². The van der Waals surface area contributed by atoms with E-state index in [2.05, 4.69) is 4.74 Å². The number of nitrogens with zero attached hydrogens (tertiary/aromatic N) is 1. The van der Waals surface area contributed by atoms with E-state index in [4.69, 9.17) is 22.0 Å². The Morgan fingerprint density at radius 1 is 1.50 bits per heavy atom. The molecule has 0 spiro atoms. The molecule has 18 heavy (non-hydrogen) atoms. The Hall–Kier alpha value is -1.87. The van der Waals surface area contributed by atoms with Crippen LogP contribution in [0.25, 0.3) is 0 Å². The lowest BCUT2D eigenvalue weighted by Gasteiger charge is -2.11. The maximum absolute atomic E-state index is 12.1. The Kier molecular flexibility index (Phi) is 4.86. The molecule has 0 bridgehead atoms. The molecule has 0 heterocycles. The molecule has 0 aliphatic rings. The van der Waals surface area contributed by atoms with Crippen molar-refractivity contribution in [2.75, 3.05) is 0 Å². The van der Waals surface area contributed by atoms with Crippen LogP contribution in [0.3, 0.4) is 0 Å². The van der Waals surface area contributed by atoms with E-state index < -0.39 is 12.6 Å². The predicted octanol–water partition coefficient (Wildman–Crippen LogP) is 2.53. The average molecular weight is 276 g/mol. The normalized spacial score (nSPS) is 10.2. The van der Waals surface area contributed by atoms with E-state index >= 15 is 0 Å². The summed E-state index contributed by atoms with van der Waals surface area (Å²) >= 11 is 5.60. The number of aliphatic carboxylic acids is 1. The molecule has 4 nitrogen and oxygen atoms in total. The maximum Gasteiger partial charge on any atom is 0.387 e. The Morgan fingerprint density at radius 2 is 2.17 bits per heavy atom. The number of hydrogen-bond donors (Lipinski definition) is 1. The first-order valence-electron chi connectivity index (χ1n) is 4.76. The summed E-state index contributed by atoms with van der Waals surface area (Å²) in [6.45, 7) is -3.06. The van der Waals surface area contributed by atoms with Gasteiger partial charge in [0.2, 0.25) is 0 Å². The third kappa shape index (κ3) is 3.57. The molecule has 0 aromatic heterocycles. The zero-order chi connectivity index (χ0) is 13.7. The van der Waals surface area contributed by atoms with E-state index in [1.165, 1.54) is 6.07 Å². The summed E-state index contributed by atoms with van der Waals surface area (Å²) in [5.74, 6) is -1.47. The van der Waals surface area contributed by atoms with Gasteiger partial charge in [0.05, 0.1) is 12.0 Å². The van der Waals surface area contributed by atoms with Gasteiger partial charge in [-0.1, -0.05) is 0 Å². The third-order valence-electron chi connectivity index (χ3n) is 2.12. The minimum absolute atomic E-state index is 0.0616. The highest BCUT2D eigenvalue weighted by Crippen LogP contribution is 2.26. The lowest BCUT2D eigenvalue weighted by atomic mass is 10.0. The van der Waals surface area contributed by atoms with Gasteiger partial charge in [0.15, 0.2) is 0 Å². The number of nitriles is 1. The van der Waals surface area contributed by atoms with E-state index in [1.54, 1.807) is 6.07 Å². The zero-order valence-electron chi connectivity index (χ0n) is 8.99. The molecule has 0 unspecified atom stereocenters. The summed E-state index contributed by atoms with van der Waals surface area (Å²) in [5.41, 5.74) is 0.491. The smallest absolute Gasteiger partial charge is 0.387 e. The number of rotatable bonds is 5. The van der Waals surface area contributed by atoms with Crippen LogP contribution in [0.2, 0.25) is 0 Å². The number of carboxylic acid groups (broad SMARTS) is 1. The Morgan fingerprint density at radius 3 is 2.61 bits per heavy atom. The molecule has 0 amide bonds. The summed E-state index contributed by atoms with van der Waals surface area (Å²) in [6, 6.07) is 4.03. The number of alkyl halides is 3. The number of ether oxygens (including phenoxy) is 1. The molecule has 0 saturated carbocycles. The van der Waals surface area contributed by atoms with Gasteiger partial charge in [-0.05, 0) is 23.3 Å². The van der Waals surface area contributed by atoms with Crippen molar-refractivity contribution >= 4 is 17.6 Å². The standard InChI is InChI=1S/C11H8ClF2NO3/c12-4-7-2-9(18-11(13)14)8(5-15)1-6(7)3-10(16)17/h1-2,11H,3-4H2,(H,16,17). The maximum atomic E-state index is 12.1. The van der Waals surface area contributed by atoms with Gasteiger partial charge < -0.3 is 9.84 Å². The van der Waals surface area contributed by atoms with Crippen molar-refractivity contribution < 1.29 is 23.4 Å². The Labute approximate surface area is 106 Å². The fraction of sp³-hybridized carbons (Fsp3) is 0.273. The second-order valence-corrected chi connectivity index (χ2v) is 3.58. The van der Waals surface area contributed by atoms with E-state index in [0.717, 1.165) is 6.07 Å². The Bertz CT molecular complexity index is 500. The fourth-order valence-corrected chi connectivity index (χ4v) is 1.65. The lowest BCUT2D eigenvalue weighted by molar-refractivity contribution is -0.136. The Balaban J connectivity index is 3.24. The van der Waals surface area contributed by atoms with E-state index in [9.17, 15) is 13.6 Å². The first-order valence-corrected chi connectivity index (χ1v) is 5.29. The molecule has 0 atom stereocenters. The lowest BCUT2D eigenvalue weighted by Crippen LogP contribution is -2.07. The number of halogens is 3. The van der Waals surface area contributed by atoms with Crippen LogP contribution in [0, 0.1) is 11.3 Å². The summed E-state index contributed by atoms with van der Waals surface area (Å²) in [5, 5.41) is 17.5. The third-order valence-corrected chi connectivity index (χ3v) is 2.41. The van der Waals surface area contributed by atoms with Gasteiger partial charge in [-0.3, -0.25) is 4.79 Å². The minimum Gasteiger partial charge on any atom is -0.481 e. The van der Waals surface area contributed by atoms with Crippen LogP contribution in [0.5, 0.6) is 5.75 Å². The highest BCUT2D eigenvalue weighted by Gasteiger charge is 2.15. The number of benzene rings is 1. The van der Waals surface area contributed by atoms with Gasteiger partial charge in [-0.15, -0.1) is 11.6 Å². The van der Waals surface area contributed by atoms with Crippen LogP contribution in [0.4, 0.5) is 8.78 Å². The molecule has 0 aliphatic heterocycles. The van der Waals surface area contributed by atoms with Gasteiger partial charge in [0, 0.05) is 5.88 Å². The zero-order valence-corrected chi connectivity index (χ0v) is 9.75. The van der Waals surface area contributed by atoms with Gasteiger partial charge in [-0.25, -0.2) is 0 Å². The van der Waals surface area contributed by atoms with Crippen molar-refractivity contribution in [3.8, 4) is 11.8 Å². The van der Waals surface area contributed by atoms with Crippen LogP contribution < -0.4 is 4.74 Å². The van der Waals surface area contributed by atoms with Crippen LogP contribution in [-0.4, -0.2) is 17.7 Å². The van der Waals surface area contributed by atoms with E-state index in [0.29, 0.717) is 11.1 Å². The molecule has 1 N–H and O–H groups in total. The first kappa shape index (κ1) is 14.2. The van der Waals surface area contributed by atoms with E-state index in [-0.39, 0.29) is 23.6 Å². The van der Waals surface area contributed by atoms with Crippen molar-refractivity contribution in [1.29, 1.82) is 5.26 Å². The van der Waals surface area contributed by atoms with Crippen molar-refractivity contribution in [1.82, 2.24) is 0 Å². The number of carboxylic acids is 1. The van der Waals surface area contributed by atoms with Crippen molar-refractivity contribution in [3.63, 3.8) is 0 Å². The summed E-state index contributed by atoms with van der Waals surface area (Å²) in [4.78, 5) is 10.6. The molecular formula is C11H8ClF2NO3. The molecule has 0 radical (unpaired) electrons. The van der Waals surface area contributed by atoms with Crippen LogP contribution in [-0.2, 0) is 17.1 Å². The van der Waals surface area contributed by atoms with Crippen molar-refractivity contribution in [3.05, 3.63) is 28.8 Å². The van der Waals surface area contributed by atoms with Gasteiger partial charge in [-0.2, -0.15) is 14.0 Å². The van der Waals surface area contributed by atoms with Crippen molar-refractivity contribution in [2.24, 2.45) is 0 Å². The van der Waals surface area contributed by atoms with E-state index in [1.807, 2.05) is 0 Å². The molecule has 96 valence electrons. The molecule has 1 aromatic carbocycles. The minimum atomic E-state index is -3.06. The van der Waals surface area contributed by atoms with Gasteiger partial charge >= 0.3 is 12.6 Å². The van der Waals surface area contributed by atoms with Gasteiger partial charge in [0.1, 0.15) is 11.8 Å². The molecule has 7 heteroatoms. The van der Waals surface area contributed by atoms with Crippen molar-refractivity contribution in [2.45, 2.75) is 18.9 Å².